The number of anilines is 2. The summed E-state index contributed by atoms with van der Waals surface area (Å²) in [5.74, 6) is 6.76. The van der Waals surface area contributed by atoms with Gasteiger partial charge in [0.2, 0.25) is 0 Å². The molecule has 1 amide bonds. The van der Waals surface area contributed by atoms with Crippen LogP contribution in [0.25, 0.3) is 11.8 Å². The Balaban J connectivity index is 1.26. The molecule has 0 bridgehead atoms. The number of nitrogens with one attached hydrogen (secondary N) is 2. The average molecular weight is 688 g/mol. The molecule has 1 fully saturated rings. The van der Waals surface area contributed by atoms with Crippen molar-refractivity contribution in [2.45, 2.75) is 71.0 Å². The fraction of sp³-hybridized carbons (Fsp3) is 0.381. The molecule has 268 valence electrons. The van der Waals surface area contributed by atoms with E-state index in [-0.39, 0.29) is 5.91 Å². The van der Waals surface area contributed by atoms with Crippen LogP contribution in [0.3, 0.4) is 0 Å². The largest absolute Gasteiger partial charge is 0.398 e. The zero-order chi connectivity index (χ0) is 36.6. The summed E-state index contributed by atoms with van der Waals surface area (Å²) in [6.45, 7) is 11.5. The normalized spacial score (nSPS) is 15.4. The molecular weight excluding hydrogens is 635 g/mol. The lowest BCUT2D eigenvalue weighted by molar-refractivity contribution is 0.102. The first-order valence-electron chi connectivity index (χ1n) is 17.9. The molecule has 1 saturated heterocycles. The molecule has 51 heavy (non-hydrogen) atoms. The Bertz CT molecular complexity index is 1750. The highest BCUT2D eigenvalue weighted by Gasteiger charge is 2.21. The van der Waals surface area contributed by atoms with Crippen LogP contribution in [0.15, 0.2) is 72.4 Å². The summed E-state index contributed by atoms with van der Waals surface area (Å²) in [5, 5.41) is 6.42. The maximum Gasteiger partial charge on any atom is 0.256 e. The van der Waals surface area contributed by atoms with Gasteiger partial charge in [-0.05, 0) is 88.6 Å². The first kappa shape index (κ1) is 38.8. The minimum atomic E-state index is -0.254. The lowest BCUT2D eigenvalue weighted by atomic mass is 10.0. The third-order valence-corrected chi connectivity index (χ3v) is 9.45. The Labute approximate surface area is 304 Å². The highest BCUT2D eigenvalue weighted by molar-refractivity contribution is 6.04. The van der Waals surface area contributed by atoms with Crippen LogP contribution in [-0.4, -0.2) is 79.0 Å². The van der Waals surface area contributed by atoms with Crippen LogP contribution < -0.4 is 16.4 Å². The summed E-state index contributed by atoms with van der Waals surface area (Å²) in [6, 6.07) is 15.6. The zero-order valence-electron chi connectivity index (χ0n) is 30.6. The fourth-order valence-corrected chi connectivity index (χ4v) is 6.09. The maximum atomic E-state index is 13.0. The number of nitrogens with two attached hydrogens (primary N) is 1. The molecule has 2 heterocycles. The molecule has 0 saturated carbocycles. The van der Waals surface area contributed by atoms with Crippen molar-refractivity contribution in [3.63, 3.8) is 0 Å². The minimum Gasteiger partial charge on any atom is -0.398 e. The molecule has 9 nitrogen and oxygen atoms in total. The number of allylic oxidation sites excluding steroid dienone is 1. The molecule has 9 heteroatoms. The molecule has 0 aliphatic carbocycles. The van der Waals surface area contributed by atoms with Crippen molar-refractivity contribution in [1.29, 1.82) is 0 Å². The van der Waals surface area contributed by atoms with Crippen LogP contribution >= 0.6 is 0 Å². The molecule has 2 atom stereocenters. The van der Waals surface area contributed by atoms with Crippen LogP contribution in [0.2, 0.25) is 0 Å². The van der Waals surface area contributed by atoms with Crippen LogP contribution in [0.1, 0.15) is 95.3 Å². The molecule has 1 aliphatic heterocycles. The van der Waals surface area contributed by atoms with Crippen molar-refractivity contribution in [3.8, 4) is 11.8 Å². The highest BCUT2D eigenvalue weighted by atomic mass is 16.1. The number of pyridine rings is 1. The molecular formula is C42H53N7O2. The van der Waals surface area contributed by atoms with E-state index in [1.54, 1.807) is 36.7 Å². The zero-order valence-corrected chi connectivity index (χ0v) is 30.6. The van der Waals surface area contributed by atoms with Gasteiger partial charge < -0.3 is 21.3 Å². The third kappa shape index (κ3) is 11.5. The van der Waals surface area contributed by atoms with E-state index in [9.17, 15) is 9.59 Å². The van der Waals surface area contributed by atoms with Crippen molar-refractivity contribution in [1.82, 2.24) is 14.8 Å². The lowest BCUT2D eigenvalue weighted by Gasteiger charge is -2.25. The number of aliphatic imine (C=N–C) groups is 1. The minimum absolute atomic E-state index is 0.254. The summed E-state index contributed by atoms with van der Waals surface area (Å²) in [4.78, 5) is 38.3. The Morgan fingerprint density at radius 1 is 1.22 bits per heavy atom. The summed E-state index contributed by atoms with van der Waals surface area (Å²) in [5.41, 5.74) is 12.5. The van der Waals surface area contributed by atoms with Crippen molar-refractivity contribution in [3.05, 3.63) is 101 Å². The van der Waals surface area contributed by atoms with Gasteiger partial charge >= 0.3 is 0 Å². The van der Waals surface area contributed by atoms with E-state index >= 15 is 0 Å². The summed E-state index contributed by atoms with van der Waals surface area (Å²) in [6.07, 6.45) is 14.0. The van der Waals surface area contributed by atoms with Crippen molar-refractivity contribution in [2.24, 2.45) is 10.7 Å². The molecule has 0 radical (unpaired) electrons. The maximum absolute atomic E-state index is 13.0. The predicted molar refractivity (Wildman–Crippen MR) is 212 cm³/mol. The van der Waals surface area contributed by atoms with Crippen LogP contribution in [0.5, 0.6) is 0 Å². The molecule has 1 aliphatic rings. The van der Waals surface area contributed by atoms with E-state index < -0.39 is 0 Å². The number of hydrogen-bond acceptors (Lipinski definition) is 8. The number of nitrogens with zero attached hydrogens (tertiary/aromatic N) is 4. The second-order valence-corrected chi connectivity index (χ2v) is 13.2. The van der Waals surface area contributed by atoms with Gasteiger partial charge in [-0.25, -0.2) is 4.98 Å². The van der Waals surface area contributed by atoms with Crippen molar-refractivity contribution >= 4 is 41.7 Å². The Morgan fingerprint density at radius 2 is 2.00 bits per heavy atom. The number of benzene rings is 2. The van der Waals surface area contributed by atoms with Gasteiger partial charge in [-0.2, -0.15) is 0 Å². The number of rotatable bonds is 17. The fourth-order valence-electron chi connectivity index (χ4n) is 6.09. The Morgan fingerprint density at radius 3 is 2.71 bits per heavy atom. The number of unbranched alkanes of at least 4 members (excludes halogenated alkanes) is 1. The van der Waals surface area contributed by atoms with Crippen molar-refractivity contribution < 1.29 is 9.59 Å². The first-order chi connectivity index (χ1) is 24.7. The summed E-state index contributed by atoms with van der Waals surface area (Å²) < 4.78 is 0. The number of amides is 1. The molecule has 2 aromatic carbocycles. The molecule has 4 rings (SSSR count). The molecule has 1 aromatic heterocycles. The summed E-state index contributed by atoms with van der Waals surface area (Å²) in [7, 11) is 4.25. The molecule has 0 spiro atoms. The lowest BCUT2D eigenvalue weighted by Crippen LogP contribution is -2.31. The van der Waals surface area contributed by atoms with Gasteiger partial charge in [-0.1, -0.05) is 62.1 Å². The average Bonchev–Trinajstić information content (AvgIpc) is 3.56. The van der Waals surface area contributed by atoms with E-state index in [4.69, 9.17) is 5.73 Å². The second-order valence-electron chi connectivity index (χ2n) is 13.2. The topological polar surface area (TPSA) is 116 Å². The van der Waals surface area contributed by atoms with Crippen molar-refractivity contribution in [2.75, 3.05) is 44.4 Å². The standard InChI is InChI=1S/C42H53N7O2/c1-6-13-31(3)49(5)29-38-33(15-11-16-36(38)30-50)14-9-8-10-23-44-24-22-39(43)34-18-20-35(21-19-34)42(51)47-41-26-40(32(7-2)27-46-41)45-28-37-17-12-25-48(37)4/h7,11,15-16,18-22,24,26-27,30-31,37H,2,6,8,10,12-13,17,23,25,28-29,43H2,1,3-5H3,(H2,45,46,47,51)/b39-22-,44-24?. The number of carbonyl (C=O) groups excluding carboxylic acids is 2. The summed E-state index contributed by atoms with van der Waals surface area (Å²) >= 11 is 0. The van der Waals surface area contributed by atoms with Gasteiger partial charge in [0.1, 0.15) is 12.1 Å². The Kier molecular flexibility index (Phi) is 15.2. The molecule has 2 unspecified atom stereocenters. The smallest absolute Gasteiger partial charge is 0.256 e. The van der Waals surface area contributed by atoms with Gasteiger partial charge in [0.25, 0.3) is 5.91 Å². The highest BCUT2D eigenvalue weighted by Crippen LogP contribution is 2.23. The van der Waals surface area contributed by atoms with Gasteiger partial charge in [-0.3, -0.25) is 19.5 Å². The molecule has 3 aromatic rings. The van der Waals surface area contributed by atoms with Crippen LogP contribution in [-0.2, 0) is 6.54 Å². The quantitative estimate of drug-likeness (QED) is 0.0599. The van der Waals surface area contributed by atoms with Crippen LogP contribution in [0.4, 0.5) is 11.5 Å². The third-order valence-electron chi connectivity index (χ3n) is 9.45. The first-order valence-corrected chi connectivity index (χ1v) is 17.9. The number of aldehydes is 1. The SMILES string of the molecule is C=Cc1cnc(NC(=O)c2ccc(/C(N)=C/C=NCCCC#Cc3cccc(C=O)c3CN(C)C(C)CCC)cc2)cc1NCC1CCCN1C. The van der Waals surface area contributed by atoms with Gasteiger partial charge in [-0.15, -0.1) is 0 Å². The van der Waals surface area contributed by atoms with E-state index in [0.29, 0.717) is 54.2 Å². The number of likely N-dealkylation sites (tertiary alicyclic amines) is 1. The number of likely N-dealkylation sites (N-methyl/N-ethyl adjacent to an activating group) is 1. The van der Waals surface area contributed by atoms with E-state index in [0.717, 1.165) is 66.6 Å². The van der Waals surface area contributed by atoms with E-state index in [2.05, 4.69) is 76.8 Å². The van der Waals surface area contributed by atoms with E-state index in [1.807, 2.05) is 36.4 Å². The van der Waals surface area contributed by atoms with Gasteiger partial charge in [0, 0.05) is 90.3 Å². The predicted octanol–water partition coefficient (Wildman–Crippen LogP) is 7.12. The Hall–Kier alpha value is -5.04. The molecule has 4 N–H and O–H groups in total. The van der Waals surface area contributed by atoms with Gasteiger partial charge in [0.05, 0.1) is 0 Å². The number of carbonyl (C=O) groups is 2. The van der Waals surface area contributed by atoms with E-state index in [1.165, 1.54) is 12.8 Å². The second kappa shape index (κ2) is 20.0. The number of aromatic nitrogens is 1. The monoisotopic (exact) mass is 687 g/mol. The van der Waals surface area contributed by atoms with Crippen LogP contribution in [0, 0.1) is 11.8 Å². The number of hydrogen-bond donors (Lipinski definition) is 3. The van der Waals surface area contributed by atoms with Gasteiger partial charge in [0.15, 0.2) is 0 Å².